The molecular formula is C21H25N3O5S. The van der Waals surface area contributed by atoms with Gasteiger partial charge in [0, 0.05) is 12.1 Å². The highest BCUT2D eigenvalue weighted by Crippen LogP contribution is 2.54. The standard InChI is InChI=1S/C21H25N3O5S/c1-2-30(28,29)24-10-9-13-11-14(3-8-17(13)24)18(25)12-23-19(26)21(15-4-5-15,16-6-7-16)22-20(23)27/h3,8,11,15-16H,2,4-7,9-10,12H2,1H3,(H,22,27). The molecule has 2 aliphatic carbocycles. The van der Waals surface area contributed by atoms with E-state index in [9.17, 15) is 22.8 Å². The van der Waals surface area contributed by atoms with Gasteiger partial charge in [-0.05, 0) is 74.6 Å². The summed E-state index contributed by atoms with van der Waals surface area (Å²) in [6.45, 7) is 1.68. The van der Waals surface area contributed by atoms with E-state index in [1.165, 1.54) is 4.31 Å². The average Bonchev–Trinajstić information content (AvgIpc) is 3.65. The molecule has 0 atom stereocenters. The van der Waals surface area contributed by atoms with E-state index in [-0.39, 0.29) is 35.8 Å². The summed E-state index contributed by atoms with van der Waals surface area (Å²) in [7, 11) is -3.35. The van der Waals surface area contributed by atoms with Gasteiger partial charge in [-0.3, -0.25) is 18.8 Å². The molecule has 1 aromatic rings. The largest absolute Gasteiger partial charge is 0.325 e. The Morgan fingerprint density at radius 1 is 1.17 bits per heavy atom. The summed E-state index contributed by atoms with van der Waals surface area (Å²) >= 11 is 0. The summed E-state index contributed by atoms with van der Waals surface area (Å²) < 4.78 is 25.9. The zero-order valence-corrected chi connectivity index (χ0v) is 17.7. The minimum absolute atomic E-state index is 0.0169. The van der Waals surface area contributed by atoms with Crippen LogP contribution in [0.1, 0.15) is 48.5 Å². The predicted octanol–water partition coefficient (Wildman–Crippen LogP) is 1.69. The Hall–Kier alpha value is -2.42. The van der Waals surface area contributed by atoms with Gasteiger partial charge in [-0.2, -0.15) is 0 Å². The van der Waals surface area contributed by atoms with Crippen LogP contribution in [0.25, 0.3) is 0 Å². The fraction of sp³-hybridized carbons (Fsp3) is 0.571. The van der Waals surface area contributed by atoms with Crippen molar-refractivity contribution in [1.29, 1.82) is 0 Å². The first kappa shape index (κ1) is 19.5. The molecule has 160 valence electrons. The van der Waals surface area contributed by atoms with Gasteiger partial charge in [0.05, 0.1) is 18.0 Å². The number of nitrogens with zero attached hydrogens (tertiary/aromatic N) is 2. The zero-order chi connectivity index (χ0) is 21.3. The van der Waals surface area contributed by atoms with Crippen molar-refractivity contribution in [2.24, 2.45) is 11.8 Å². The van der Waals surface area contributed by atoms with Gasteiger partial charge in [-0.1, -0.05) is 0 Å². The minimum Gasteiger partial charge on any atom is -0.323 e. The summed E-state index contributed by atoms with van der Waals surface area (Å²) in [5.74, 6) is -0.183. The Labute approximate surface area is 175 Å². The SMILES string of the molecule is CCS(=O)(=O)N1CCc2cc(C(=O)CN3C(=O)NC(C4CC4)(C4CC4)C3=O)ccc21. The van der Waals surface area contributed by atoms with Gasteiger partial charge < -0.3 is 5.32 Å². The number of sulfonamides is 1. The number of carbonyl (C=O) groups is 3. The Balaban J connectivity index is 1.35. The number of fused-ring (bicyclic) bond motifs is 1. The number of carbonyl (C=O) groups excluding carboxylic acids is 3. The summed E-state index contributed by atoms with van der Waals surface area (Å²) in [6, 6.07) is 4.44. The number of nitrogens with one attached hydrogen (secondary N) is 1. The third-order valence-corrected chi connectivity index (χ3v) is 8.64. The van der Waals surface area contributed by atoms with E-state index in [1.54, 1.807) is 25.1 Å². The second kappa shape index (κ2) is 6.54. The molecule has 1 saturated heterocycles. The predicted molar refractivity (Wildman–Crippen MR) is 110 cm³/mol. The number of rotatable bonds is 7. The normalized spacial score (nSPS) is 23.0. The number of Topliss-reactive ketones (excluding diaryl/α,β-unsaturated/α-hetero) is 1. The summed E-state index contributed by atoms with van der Waals surface area (Å²) in [5.41, 5.74) is 0.982. The van der Waals surface area contributed by atoms with Crippen LogP contribution in [0.4, 0.5) is 10.5 Å². The summed E-state index contributed by atoms with van der Waals surface area (Å²) in [6.07, 6.45) is 4.28. The van der Waals surface area contributed by atoms with Gasteiger partial charge in [-0.25, -0.2) is 13.2 Å². The fourth-order valence-electron chi connectivity index (χ4n) is 4.95. The van der Waals surface area contributed by atoms with Crippen molar-refractivity contribution in [3.63, 3.8) is 0 Å². The van der Waals surface area contributed by atoms with E-state index >= 15 is 0 Å². The number of hydrogen-bond acceptors (Lipinski definition) is 5. The van der Waals surface area contributed by atoms with E-state index in [1.807, 2.05) is 0 Å². The van der Waals surface area contributed by atoms with Gasteiger partial charge >= 0.3 is 6.03 Å². The molecule has 3 fully saturated rings. The van der Waals surface area contributed by atoms with Gasteiger partial charge in [0.25, 0.3) is 5.91 Å². The fourth-order valence-corrected chi connectivity index (χ4v) is 6.10. The monoisotopic (exact) mass is 431 g/mol. The molecule has 1 aromatic carbocycles. The van der Waals surface area contributed by atoms with Gasteiger partial charge in [0.2, 0.25) is 10.0 Å². The van der Waals surface area contributed by atoms with Crippen molar-refractivity contribution in [2.45, 2.75) is 44.6 Å². The van der Waals surface area contributed by atoms with Crippen molar-refractivity contribution in [3.05, 3.63) is 29.3 Å². The molecule has 5 rings (SSSR count). The highest BCUT2D eigenvalue weighted by atomic mass is 32.2. The van der Waals surface area contributed by atoms with E-state index in [0.717, 1.165) is 36.1 Å². The molecule has 0 spiro atoms. The molecule has 3 amide bonds. The molecule has 9 heteroatoms. The number of anilines is 1. The number of imide groups is 1. The highest BCUT2D eigenvalue weighted by molar-refractivity contribution is 7.92. The Morgan fingerprint density at radius 2 is 1.83 bits per heavy atom. The van der Waals surface area contributed by atoms with Crippen molar-refractivity contribution in [1.82, 2.24) is 10.2 Å². The quantitative estimate of drug-likeness (QED) is 0.523. The second-order valence-corrected chi connectivity index (χ2v) is 10.9. The van der Waals surface area contributed by atoms with Crippen molar-refractivity contribution < 1.29 is 22.8 Å². The smallest absolute Gasteiger partial charge is 0.323 e. The van der Waals surface area contributed by atoms with Crippen LogP contribution in [-0.4, -0.2) is 55.4 Å². The molecule has 1 N–H and O–H groups in total. The van der Waals surface area contributed by atoms with Crippen LogP contribution in [0.15, 0.2) is 18.2 Å². The molecule has 0 radical (unpaired) electrons. The first-order chi connectivity index (χ1) is 14.3. The third kappa shape index (κ3) is 2.85. The molecule has 2 heterocycles. The van der Waals surface area contributed by atoms with E-state index in [4.69, 9.17) is 0 Å². The molecular weight excluding hydrogens is 406 g/mol. The van der Waals surface area contributed by atoms with Crippen molar-refractivity contribution >= 4 is 33.4 Å². The second-order valence-electron chi connectivity index (χ2n) is 8.73. The molecule has 0 bridgehead atoms. The Morgan fingerprint density at radius 3 is 2.43 bits per heavy atom. The minimum atomic E-state index is -3.35. The molecule has 8 nitrogen and oxygen atoms in total. The van der Waals surface area contributed by atoms with Crippen LogP contribution in [-0.2, 0) is 21.2 Å². The number of urea groups is 1. The van der Waals surface area contributed by atoms with E-state index in [2.05, 4.69) is 5.32 Å². The summed E-state index contributed by atoms with van der Waals surface area (Å²) in [4.78, 5) is 39.7. The number of hydrogen-bond donors (Lipinski definition) is 1. The molecule has 4 aliphatic rings. The first-order valence-electron chi connectivity index (χ1n) is 10.6. The number of ketones is 1. The maximum atomic E-state index is 13.2. The van der Waals surface area contributed by atoms with E-state index in [0.29, 0.717) is 24.2 Å². The van der Waals surface area contributed by atoms with Crippen LogP contribution in [0.5, 0.6) is 0 Å². The third-order valence-electron chi connectivity index (χ3n) is 6.86. The van der Waals surface area contributed by atoms with Crippen LogP contribution in [0.3, 0.4) is 0 Å². The Bertz CT molecular complexity index is 1050. The lowest BCUT2D eigenvalue weighted by molar-refractivity contribution is -0.132. The molecule has 0 unspecified atom stereocenters. The first-order valence-corrected chi connectivity index (χ1v) is 12.2. The zero-order valence-electron chi connectivity index (χ0n) is 16.9. The van der Waals surface area contributed by atoms with E-state index < -0.39 is 21.6 Å². The number of benzene rings is 1. The van der Waals surface area contributed by atoms with Gasteiger partial charge in [0.1, 0.15) is 5.54 Å². The lowest BCUT2D eigenvalue weighted by Crippen LogP contribution is -2.51. The molecule has 2 aliphatic heterocycles. The number of amides is 3. The Kier molecular flexibility index (Phi) is 4.26. The lowest BCUT2D eigenvalue weighted by atomic mass is 9.87. The lowest BCUT2D eigenvalue weighted by Gasteiger charge is -2.26. The van der Waals surface area contributed by atoms with Gasteiger partial charge in [-0.15, -0.1) is 0 Å². The average molecular weight is 432 g/mol. The molecule has 30 heavy (non-hydrogen) atoms. The molecule has 0 aromatic heterocycles. The van der Waals surface area contributed by atoms with Crippen LogP contribution < -0.4 is 9.62 Å². The maximum absolute atomic E-state index is 13.2. The topological polar surface area (TPSA) is 104 Å². The maximum Gasteiger partial charge on any atom is 0.325 e. The summed E-state index contributed by atoms with van der Waals surface area (Å²) in [5, 5.41) is 2.93. The molecule has 2 saturated carbocycles. The highest BCUT2D eigenvalue weighted by Gasteiger charge is 2.65. The van der Waals surface area contributed by atoms with Crippen LogP contribution >= 0.6 is 0 Å². The van der Waals surface area contributed by atoms with Gasteiger partial charge in [0.15, 0.2) is 5.78 Å². The van der Waals surface area contributed by atoms with Crippen LogP contribution in [0, 0.1) is 11.8 Å². The van der Waals surface area contributed by atoms with Crippen molar-refractivity contribution in [2.75, 3.05) is 23.1 Å². The van der Waals surface area contributed by atoms with Crippen LogP contribution in [0.2, 0.25) is 0 Å². The van der Waals surface area contributed by atoms with Crippen molar-refractivity contribution in [3.8, 4) is 0 Å².